The fourth-order valence-corrected chi connectivity index (χ4v) is 3.88. The summed E-state index contributed by atoms with van der Waals surface area (Å²) in [6, 6.07) is 11.0. The molecule has 0 aliphatic carbocycles. The largest absolute Gasteiger partial charge is 0.352 e. The molecule has 114 valence electrons. The van der Waals surface area contributed by atoms with Gasteiger partial charge in [-0.1, -0.05) is 30.3 Å². The lowest BCUT2D eigenvalue weighted by atomic mass is 10.0. The number of hydrogen-bond acceptors (Lipinski definition) is 4. The molecule has 1 amide bonds. The van der Waals surface area contributed by atoms with Gasteiger partial charge in [-0.15, -0.1) is 11.8 Å². The Bertz CT molecular complexity index is 454. The van der Waals surface area contributed by atoms with Crippen LogP contribution in [0.5, 0.6) is 0 Å². The molecule has 4 nitrogen and oxygen atoms in total. The van der Waals surface area contributed by atoms with Crippen LogP contribution >= 0.6 is 11.8 Å². The lowest BCUT2D eigenvalue weighted by Crippen LogP contribution is -2.50. The zero-order valence-corrected chi connectivity index (χ0v) is 13.1. The minimum Gasteiger partial charge on any atom is -0.352 e. The molecule has 21 heavy (non-hydrogen) atoms. The van der Waals surface area contributed by atoms with Gasteiger partial charge in [0.25, 0.3) is 0 Å². The summed E-state index contributed by atoms with van der Waals surface area (Å²) >= 11 is 1.79. The van der Waals surface area contributed by atoms with Crippen molar-refractivity contribution in [1.82, 2.24) is 15.5 Å². The predicted octanol–water partition coefficient (Wildman–Crippen LogP) is 1.43. The van der Waals surface area contributed by atoms with Crippen molar-refractivity contribution in [3.8, 4) is 0 Å². The number of piperidine rings is 1. The van der Waals surface area contributed by atoms with Gasteiger partial charge in [-0.2, -0.15) is 0 Å². The van der Waals surface area contributed by atoms with Crippen molar-refractivity contribution in [3.63, 3.8) is 0 Å². The van der Waals surface area contributed by atoms with Gasteiger partial charge in [0, 0.05) is 37.3 Å². The average Bonchev–Trinajstić information content (AvgIpc) is 3.05. The number of hydrogen-bond donors (Lipinski definition) is 2. The van der Waals surface area contributed by atoms with Crippen molar-refractivity contribution < 1.29 is 4.79 Å². The van der Waals surface area contributed by atoms with Crippen LogP contribution in [0.15, 0.2) is 30.3 Å². The van der Waals surface area contributed by atoms with E-state index in [1.807, 2.05) is 0 Å². The molecule has 2 saturated heterocycles. The van der Waals surface area contributed by atoms with Gasteiger partial charge in [0.05, 0.1) is 6.04 Å². The maximum atomic E-state index is 12.1. The molecule has 3 rings (SSSR count). The number of likely N-dealkylation sites (tertiary alicyclic amines) is 1. The van der Waals surface area contributed by atoms with Crippen LogP contribution in [-0.4, -0.2) is 47.6 Å². The molecule has 1 atom stereocenters. The fraction of sp³-hybridized carbons (Fsp3) is 0.562. The monoisotopic (exact) mass is 305 g/mol. The molecule has 0 aromatic heterocycles. The van der Waals surface area contributed by atoms with E-state index >= 15 is 0 Å². The maximum Gasteiger partial charge on any atom is 0.238 e. The highest BCUT2D eigenvalue weighted by Gasteiger charge is 2.26. The molecule has 2 N–H and O–H groups in total. The number of nitrogens with one attached hydrogen (secondary N) is 2. The Morgan fingerprint density at radius 2 is 2.05 bits per heavy atom. The second-order valence-corrected chi connectivity index (χ2v) is 6.85. The highest BCUT2D eigenvalue weighted by molar-refractivity contribution is 7.99. The number of nitrogens with zero attached hydrogens (tertiary/aromatic N) is 1. The van der Waals surface area contributed by atoms with Crippen LogP contribution in [0.4, 0.5) is 0 Å². The van der Waals surface area contributed by atoms with Crippen molar-refractivity contribution in [2.24, 2.45) is 0 Å². The number of amides is 1. The molecular formula is C16H23N3OS. The van der Waals surface area contributed by atoms with Crippen molar-refractivity contribution in [2.45, 2.75) is 31.5 Å². The summed E-state index contributed by atoms with van der Waals surface area (Å²) in [7, 11) is 0. The molecule has 1 unspecified atom stereocenters. The quantitative estimate of drug-likeness (QED) is 0.883. The van der Waals surface area contributed by atoms with Crippen LogP contribution in [0.3, 0.4) is 0 Å². The van der Waals surface area contributed by atoms with E-state index in [0.29, 0.717) is 6.04 Å². The molecule has 1 aromatic carbocycles. The van der Waals surface area contributed by atoms with E-state index in [1.165, 1.54) is 5.56 Å². The fourth-order valence-electron chi connectivity index (χ4n) is 2.94. The van der Waals surface area contributed by atoms with Gasteiger partial charge in [-0.05, 0) is 18.4 Å². The van der Waals surface area contributed by atoms with Gasteiger partial charge in [0.2, 0.25) is 5.91 Å². The summed E-state index contributed by atoms with van der Waals surface area (Å²) < 4.78 is 0. The topological polar surface area (TPSA) is 44.4 Å². The van der Waals surface area contributed by atoms with Crippen LogP contribution in [0.2, 0.25) is 0 Å². The Kier molecular flexibility index (Phi) is 5.17. The SMILES string of the molecule is O=C(NC1CCN(Cc2ccccc2)CC1)C1CSCN1. The number of benzene rings is 1. The lowest BCUT2D eigenvalue weighted by Gasteiger charge is -2.32. The highest BCUT2D eigenvalue weighted by atomic mass is 32.2. The molecule has 2 aliphatic heterocycles. The van der Waals surface area contributed by atoms with Gasteiger partial charge in [0.15, 0.2) is 0 Å². The van der Waals surface area contributed by atoms with Gasteiger partial charge in [-0.3, -0.25) is 15.0 Å². The van der Waals surface area contributed by atoms with E-state index in [-0.39, 0.29) is 11.9 Å². The number of carbonyl (C=O) groups excluding carboxylic acids is 1. The molecule has 0 spiro atoms. The molecule has 0 radical (unpaired) electrons. The van der Waals surface area contributed by atoms with Crippen LogP contribution in [0, 0.1) is 0 Å². The number of carbonyl (C=O) groups is 1. The van der Waals surface area contributed by atoms with Crippen LogP contribution in [0.25, 0.3) is 0 Å². The summed E-state index contributed by atoms with van der Waals surface area (Å²) in [5, 5.41) is 6.43. The first-order valence-corrected chi connectivity index (χ1v) is 8.84. The van der Waals surface area contributed by atoms with Gasteiger partial charge >= 0.3 is 0 Å². The minimum absolute atomic E-state index is 0.0114. The lowest BCUT2D eigenvalue weighted by molar-refractivity contribution is -0.123. The summed E-state index contributed by atoms with van der Waals surface area (Å²) in [5.41, 5.74) is 1.37. The molecule has 5 heteroatoms. The van der Waals surface area contributed by atoms with Crippen molar-refractivity contribution in [1.29, 1.82) is 0 Å². The summed E-state index contributed by atoms with van der Waals surface area (Å²) in [6.07, 6.45) is 2.11. The summed E-state index contributed by atoms with van der Waals surface area (Å²) in [4.78, 5) is 14.6. The summed E-state index contributed by atoms with van der Waals surface area (Å²) in [5.74, 6) is 1.98. The highest BCUT2D eigenvalue weighted by Crippen LogP contribution is 2.15. The van der Waals surface area contributed by atoms with E-state index in [4.69, 9.17) is 0 Å². The summed E-state index contributed by atoms with van der Waals surface area (Å²) in [6.45, 7) is 3.14. The van der Waals surface area contributed by atoms with E-state index in [0.717, 1.165) is 44.1 Å². The van der Waals surface area contributed by atoms with Gasteiger partial charge in [0.1, 0.15) is 0 Å². The van der Waals surface area contributed by atoms with Crippen molar-refractivity contribution >= 4 is 17.7 Å². The van der Waals surface area contributed by atoms with Gasteiger partial charge in [-0.25, -0.2) is 0 Å². The van der Waals surface area contributed by atoms with E-state index in [1.54, 1.807) is 11.8 Å². The van der Waals surface area contributed by atoms with Crippen molar-refractivity contribution in [3.05, 3.63) is 35.9 Å². The molecular weight excluding hydrogens is 282 g/mol. The third kappa shape index (κ3) is 4.22. The Balaban J connectivity index is 1.41. The smallest absolute Gasteiger partial charge is 0.238 e. The first kappa shape index (κ1) is 14.9. The standard InChI is InChI=1S/C16H23N3OS/c20-16(15-11-21-12-17-15)18-14-6-8-19(9-7-14)10-13-4-2-1-3-5-13/h1-5,14-15,17H,6-12H2,(H,18,20). The Morgan fingerprint density at radius 3 is 2.71 bits per heavy atom. The van der Waals surface area contributed by atoms with Gasteiger partial charge < -0.3 is 5.32 Å². The Labute approximate surface area is 130 Å². The van der Waals surface area contributed by atoms with E-state index in [2.05, 4.69) is 45.9 Å². The molecule has 2 fully saturated rings. The molecule has 2 aliphatic rings. The first-order chi connectivity index (χ1) is 10.3. The Hall–Kier alpha value is -1.04. The average molecular weight is 305 g/mol. The Morgan fingerprint density at radius 1 is 1.29 bits per heavy atom. The molecule has 2 heterocycles. The number of thioether (sulfide) groups is 1. The molecule has 1 aromatic rings. The predicted molar refractivity (Wildman–Crippen MR) is 87.1 cm³/mol. The molecule has 0 saturated carbocycles. The second-order valence-electron chi connectivity index (χ2n) is 5.82. The van der Waals surface area contributed by atoms with Crippen LogP contribution in [-0.2, 0) is 11.3 Å². The maximum absolute atomic E-state index is 12.1. The first-order valence-electron chi connectivity index (χ1n) is 7.69. The van der Waals surface area contributed by atoms with E-state index in [9.17, 15) is 4.79 Å². The zero-order valence-electron chi connectivity index (χ0n) is 12.3. The van der Waals surface area contributed by atoms with Crippen molar-refractivity contribution in [2.75, 3.05) is 24.7 Å². The third-order valence-corrected chi connectivity index (χ3v) is 5.16. The minimum atomic E-state index is 0.0114. The second kappa shape index (κ2) is 7.29. The molecule has 0 bridgehead atoms. The van der Waals surface area contributed by atoms with Crippen LogP contribution < -0.4 is 10.6 Å². The normalized spacial score (nSPS) is 24.1. The van der Waals surface area contributed by atoms with E-state index < -0.39 is 0 Å². The van der Waals surface area contributed by atoms with Crippen LogP contribution in [0.1, 0.15) is 18.4 Å². The third-order valence-electron chi connectivity index (χ3n) is 4.22. The number of rotatable bonds is 4. The zero-order chi connectivity index (χ0) is 14.5.